The molecule has 0 saturated heterocycles. The minimum absolute atomic E-state index is 0.0450. The Labute approximate surface area is 93.1 Å². The zero-order valence-electron chi connectivity index (χ0n) is 8.69. The van der Waals surface area contributed by atoms with E-state index in [1.54, 1.807) is 17.2 Å². The molecule has 2 aromatic rings. The van der Waals surface area contributed by atoms with Gasteiger partial charge in [-0.15, -0.1) is 5.10 Å². The highest BCUT2D eigenvalue weighted by Crippen LogP contribution is 2.03. The summed E-state index contributed by atoms with van der Waals surface area (Å²) < 4.78 is 0. The van der Waals surface area contributed by atoms with Crippen molar-refractivity contribution in [2.75, 3.05) is 13.2 Å². The fraction of sp³-hybridized carbons (Fsp3) is 0.182. The molecular weight excluding hydrogens is 204 g/mol. The summed E-state index contributed by atoms with van der Waals surface area (Å²) in [4.78, 5) is 5.52. The van der Waals surface area contributed by atoms with E-state index < -0.39 is 0 Å². The van der Waals surface area contributed by atoms with Crippen LogP contribution in [-0.2, 0) is 0 Å². The fourth-order valence-electron chi connectivity index (χ4n) is 1.24. The van der Waals surface area contributed by atoms with Crippen LogP contribution in [0.15, 0.2) is 41.5 Å². The van der Waals surface area contributed by atoms with E-state index in [1.807, 2.05) is 30.3 Å². The summed E-state index contributed by atoms with van der Waals surface area (Å²) in [6, 6.07) is 9.65. The van der Waals surface area contributed by atoms with E-state index in [-0.39, 0.29) is 6.61 Å². The first-order valence-electron chi connectivity index (χ1n) is 4.98. The number of hydrogen-bond donors (Lipinski definition) is 1. The Morgan fingerprint density at radius 1 is 1.31 bits per heavy atom. The standard InChI is InChI=1S/C11H12N4O/c16-7-6-12-8-10-9-13-15(14-10)11-4-2-1-3-5-11/h1-5,8-9,16H,6-7H2. The first-order chi connectivity index (χ1) is 7.90. The maximum Gasteiger partial charge on any atom is 0.124 e. The van der Waals surface area contributed by atoms with Gasteiger partial charge < -0.3 is 5.11 Å². The highest BCUT2D eigenvalue weighted by atomic mass is 16.3. The molecule has 0 radical (unpaired) electrons. The molecule has 0 atom stereocenters. The molecule has 0 spiro atoms. The van der Waals surface area contributed by atoms with Crippen molar-refractivity contribution < 1.29 is 5.11 Å². The van der Waals surface area contributed by atoms with Gasteiger partial charge in [-0.05, 0) is 12.1 Å². The summed E-state index contributed by atoms with van der Waals surface area (Å²) in [6.45, 7) is 0.432. The third-order valence-corrected chi connectivity index (χ3v) is 1.95. The zero-order valence-corrected chi connectivity index (χ0v) is 8.69. The number of rotatable bonds is 4. The van der Waals surface area contributed by atoms with Gasteiger partial charge >= 0.3 is 0 Å². The van der Waals surface area contributed by atoms with Crippen LogP contribution in [0.25, 0.3) is 5.69 Å². The van der Waals surface area contributed by atoms with E-state index in [0.29, 0.717) is 12.2 Å². The monoisotopic (exact) mass is 216 g/mol. The van der Waals surface area contributed by atoms with Gasteiger partial charge in [0.2, 0.25) is 0 Å². The molecule has 0 aliphatic carbocycles. The molecule has 16 heavy (non-hydrogen) atoms. The van der Waals surface area contributed by atoms with Crippen LogP contribution in [0.4, 0.5) is 0 Å². The molecule has 0 saturated carbocycles. The molecule has 0 unspecified atom stereocenters. The molecule has 1 aromatic carbocycles. The summed E-state index contributed by atoms with van der Waals surface area (Å²) in [6.07, 6.45) is 3.23. The number of benzene rings is 1. The van der Waals surface area contributed by atoms with Gasteiger partial charge in [-0.2, -0.15) is 9.90 Å². The van der Waals surface area contributed by atoms with Crippen molar-refractivity contribution in [1.29, 1.82) is 0 Å². The zero-order chi connectivity index (χ0) is 11.2. The Kier molecular flexibility index (Phi) is 3.40. The number of nitrogens with zero attached hydrogens (tertiary/aromatic N) is 4. The largest absolute Gasteiger partial charge is 0.394 e. The summed E-state index contributed by atoms with van der Waals surface area (Å²) in [5.74, 6) is 0. The summed E-state index contributed by atoms with van der Waals surface area (Å²) >= 11 is 0. The molecule has 1 heterocycles. The Balaban J connectivity index is 2.14. The molecule has 0 aliphatic heterocycles. The predicted octanol–water partition coefficient (Wildman–Crippen LogP) is 0.678. The van der Waals surface area contributed by atoms with E-state index in [9.17, 15) is 0 Å². The quantitative estimate of drug-likeness (QED) is 0.764. The SMILES string of the molecule is OCCN=Cc1cnn(-c2ccccc2)n1. The second-order valence-electron chi connectivity index (χ2n) is 3.15. The second kappa shape index (κ2) is 5.18. The lowest BCUT2D eigenvalue weighted by atomic mass is 10.3. The van der Waals surface area contributed by atoms with E-state index in [1.165, 1.54) is 0 Å². The normalized spacial score (nSPS) is 11.1. The molecular formula is C11H12N4O. The van der Waals surface area contributed by atoms with E-state index in [0.717, 1.165) is 5.69 Å². The number of aliphatic hydroxyl groups excluding tert-OH is 1. The number of aliphatic hydroxyl groups is 1. The molecule has 1 N–H and O–H groups in total. The van der Waals surface area contributed by atoms with Gasteiger partial charge in [0.05, 0.1) is 31.3 Å². The van der Waals surface area contributed by atoms with Gasteiger partial charge in [0.1, 0.15) is 5.69 Å². The molecule has 2 rings (SSSR count). The molecule has 0 aliphatic rings. The van der Waals surface area contributed by atoms with Crippen molar-refractivity contribution >= 4 is 6.21 Å². The maximum atomic E-state index is 8.57. The number of aliphatic imine (C=N–C) groups is 1. The van der Waals surface area contributed by atoms with Crippen molar-refractivity contribution in [3.05, 3.63) is 42.2 Å². The van der Waals surface area contributed by atoms with Crippen molar-refractivity contribution in [1.82, 2.24) is 15.0 Å². The van der Waals surface area contributed by atoms with Gasteiger partial charge in [0.15, 0.2) is 0 Å². The smallest absolute Gasteiger partial charge is 0.124 e. The number of hydrogen-bond acceptors (Lipinski definition) is 4. The molecule has 0 fully saturated rings. The van der Waals surface area contributed by atoms with Crippen molar-refractivity contribution in [3.63, 3.8) is 0 Å². The Bertz CT molecular complexity index is 464. The summed E-state index contributed by atoms with van der Waals surface area (Å²) in [7, 11) is 0. The van der Waals surface area contributed by atoms with Crippen LogP contribution in [0.5, 0.6) is 0 Å². The minimum Gasteiger partial charge on any atom is -0.394 e. The van der Waals surface area contributed by atoms with E-state index in [4.69, 9.17) is 5.11 Å². The molecule has 1 aromatic heterocycles. The van der Waals surface area contributed by atoms with Gasteiger partial charge in [-0.25, -0.2) is 0 Å². The third-order valence-electron chi connectivity index (χ3n) is 1.95. The molecule has 5 heteroatoms. The molecule has 0 bridgehead atoms. The molecule has 5 nitrogen and oxygen atoms in total. The van der Waals surface area contributed by atoms with Crippen LogP contribution >= 0.6 is 0 Å². The molecule has 82 valence electrons. The van der Waals surface area contributed by atoms with Crippen LogP contribution in [0, 0.1) is 0 Å². The maximum absolute atomic E-state index is 8.57. The van der Waals surface area contributed by atoms with Crippen molar-refractivity contribution in [2.45, 2.75) is 0 Å². The lowest BCUT2D eigenvalue weighted by molar-refractivity contribution is 0.307. The lowest BCUT2D eigenvalue weighted by Gasteiger charge is -1.96. The van der Waals surface area contributed by atoms with Gasteiger partial charge in [-0.3, -0.25) is 4.99 Å². The topological polar surface area (TPSA) is 63.3 Å². The van der Waals surface area contributed by atoms with Gasteiger partial charge in [-0.1, -0.05) is 18.2 Å². The summed E-state index contributed by atoms with van der Waals surface area (Å²) in [5, 5.41) is 16.9. The van der Waals surface area contributed by atoms with Crippen molar-refractivity contribution in [2.24, 2.45) is 4.99 Å². The first kappa shape index (κ1) is 10.5. The lowest BCUT2D eigenvalue weighted by Crippen LogP contribution is -1.98. The predicted molar refractivity (Wildman–Crippen MR) is 60.9 cm³/mol. The summed E-state index contributed by atoms with van der Waals surface area (Å²) in [5.41, 5.74) is 1.58. The van der Waals surface area contributed by atoms with Crippen LogP contribution in [0.1, 0.15) is 5.69 Å². The van der Waals surface area contributed by atoms with E-state index in [2.05, 4.69) is 15.2 Å². The molecule has 0 amide bonds. The Morgan fingerprint density at radius 2 is 2.12 bits per heavy atom. The average molecular weight is 216 g/mol. The fourth-order valence-corrected chi connectivity index (χ4v) is 1.24. The van der Waals surface area contributed by atoms with Crippen LogP contribution in [0.2, 0.25) is 0 Å². The van der Waals surface area contributed by atoms with Gasteiger partial charge in [0.25, 0.3) is 0 Å². The Morgan fingerprint density at radius 3 is 2.88 bits per heavy atom. The minimum atomic E-state index is 0.0450. The van der Waals surface area contributed by atoms with Gasteiger partial charge in [0, 0.05) is 0 Å². The number of para-hydroxylation sites is 1. The van der Waals surface area contributed by atoms with Crippen LogP contribution in [-0.4, -0.2) is 39.5 Å². The average Bonchev–Trinajstić information content (AvgIpc) is 2.79. The van der Waals surface area contributed by atoms with E-state index >= 15 is 0 Å². The highest BCUT2D eigenvalue weighted by molar-refractivity contribution is 5.76. The van der Waals surface area contributed by atoms with Crippen LogP contribution < -0.4 is 0 Å². The first-order valence-corrected chi connectivity index (χ1v) is 4.98. The third kappa shape index (κ3) is 2.52. The highest BCUT2D eigenvalue weighted by Gasteiger charge is 1.99. The number of aromatic nitrogens is 3. The van der Waals surface area contributed by atoms with Crippen LogP contribution in [0.3, 0.4) is 0 Å². The van der Waals surface area contributed by atoms with Crippen molar-refractivity contribution in [3.8, 4) is 5.69 Å². The second-order valence-corrected chi connectivity index (χ2v) is 3.15. The Hall–Kier alpha value is -2.01.